The first-order valence-electron chi connectivity index (χ1n) is 6.25. The molecule has 0 aliphatic heterocycles. The first-order chi connectivity index (χ1) is 8.01. The second-order valence-electron chi connectivity index (χ2n) is 4.42. The lowest BCUT2D eigenvalue weighted by Crippen LogP contribution is -2.33. The second-order valence-corrected chi connectivity index (χ2v) is 4.42. The Morgan fingerprint density at radius 3 is 2.41 bits per heavy atom. The molecule has 0 radical (unpaired) electrons. The van der Waals surface area contributed by atoms with E-state index in [1.54, 1.807) is 13.0 Å². The van der Waals surface area contributed by atoms with Crippen LogP contribution in [0.25, 0.3) is 0 Å². The van der Waals surface area contributed by atoms with Crippen LogP contribution in [-0.2, 0) is 0 Å². The topological polar surface area (TPSA) is 23.5 Å². The Morgan fingerprint density at radius 1 is 1.29 bits per heavy atom. The van der Waals surface area contributed by atoms with E-state index in [4.69, 9.17) is 0 Å². The molecule has 0 bridgehead atoms. The third kappa shape index (κ3) is 3.19. The maximum atomic E-state index is 13.2. The van der Waals surface area contributed by atoms with Crippen molar-refractivity contribution in [3.05, 3.63) is 29.6 Å². The maximum absolute atomic E-state index is 13.2. The highest BCUT2D eigenvalue weighted by molar-refractivity contribution is 5.55. The number of nitrogens with zero attached hydrogens (tertiary/aromatic N) is 1. The van der Waals surface area contributed by atoms with Gasteiger partial charge in [-0.05, 0) is 45.4 Å². The molecule has 0 aromatic heterocycles. The normalized spacial score (nSPS) is 14.5. The van der Waals surface area contributed by atoms with Crippen molar-refractivity contribution in [2.24, 2.45) is 0 Å². The van der Waals surface area contributed by atoms with E-state index in [9.17, 15) is 9.50 Å². The minimum absolute atomic E-state index is 0.301. The quantitative estimate of drug-likeness (QED) is 0.850. The number of anilines is 1. The zero-order chi connectivity index (χ0) is 13.0. The van der Waals surface area contributed by atoms with Gasteiger partial charge in [0.25, 0.3) is 0 Å². The van der Waals surface area contributed by atoms with Crippen LogP contribution in [0.15, 0.2) is 18.2 Å². The molecule has 0 saturated heterocycles. The van der Waals surface area contributed by atoms with E-state index in [-0.39, 0.29) is 5.82 Å². The number of benzene rings is 1. The van der Waals surface area contributed by atoms with Gasteiger partial charge >= 0.3 is 0 Å². The van der Waals surface area contributed by atoms with Gasteiger partial charge in [0.15, 0.2) is 0 Å². The van der Waals surface area contributed by atoms with Gasteiger partial charge in [0.1, 0.15) is 5.82 Å². The number of hydrogen-bond donors (Lipinski definition) is 1. The first-order valence-corrected chi connectivity index (χ1v) is 6.25. The molecule has 3 heteroatoms. The lowest BCUT2D eigenvalue weighted by molar-refractivity contribution is 0.199. The average Bonchev–Trinajstić information content (AvgIpc) is 2.31. The summed E-state index contributed by atoms with van der Waals surface area (Å²) in [7, 11) is 0. The van der Waals surface area contributed by atoms with E-state index in [0.29, 0.717) is 11.6 Å². The Kier molecular flexibility index (Phi) is 4.94. The summed E-state index contributed by atoms with van der Waals surface area (Å²) in [5.74, 6) is -0.301. The predicted molar refractivity (Wildman–Crippen MR) is 69.8 cm³/mol. The van der Waals surface area contributed by atoms with Crippen LogP contribution in [-0.4, -0.2) is 17.7 Å². The number of rotatable bonds is 5. The Hall–Kier alpha value is -1.09. The maximum Gasteiger partial charge on any atom is 0.123 e. The van der Waals surface area contributed by atoms with Gasteiger partial charge in [0.05, 0.1) is 6.10 Å². The van der Waals surface area contributed by atoms with Gasteiger partial charge in [0, 0.05) is 23.8 Å². The second kappa shape index (κ2) is 6.01. The third-order valence-electron chi connectivity index (χ3n) is 3.21. The summed E-state index contributed by atoms with van der Waals surface area (Å²) in [5, 5.41) is 9.73. The fraction of sp³-hybridized carbons (Fsp3) is 0.571. The van der Waals surface area contributed by atoms with Crippen LogP contribution in [0.1, 0.15) is 45.8 Å². The molecule has 1 aromatic carbocycles. The number of aliphatic hydroxyl groups excluding tert-OH is 1. The third-order valence-corrected chi connectivity index (χ3v) is 3.21. The van der Waals surface area contributed by atoms with Gasteiger partial charge in [-0.25, -0.2) is 4.39 Å². The van der Waals surface area contributed by atoms with E-state index in [2.05, 4.69) is 25.7 Å². The van der Waals surface area contributed by atoms with Crippen molar-refractivity contribution in [3.63, 3.8) is 0 Å². The van der Waals surface area contributed by atoms with Crippen molar-refractivity contribution >= 4 is 5.69 Å². The van der Waals surface area contributed by atoms with Crippen LogP contribution >= 0.6 is 0 Å². The molecule has 96 valence electrons. The lowest BCUT2D eigenvalue weighted by atomic mass is 10.0. The summed E-state index contributed by atoms with van der Waals surface area (Å²) in [6.07, 6.45) is 0.364. The minimum Gasteiger partial charge on any atom is -0.389 e. The summed E-state index contributed by atoms with van der Waals surface area (Å²) in [5.41, 5.74) is 1.59. The standard InChI is InChI=1S/C14H22FNO/c1-5-10(3)16(6-2)14-8-7-12(15)9-13(14)11(4)17/h7-11,17H,5-6H2,1-4H3/t10?,11-/m1/s1. The molecule has 1 rings (SSSR count). The highest BCUT2D eigenvalue weighted by atomic mass is 19.1. The molecule has 0 aliphatic rings. The highest BCUT2D eigenvalue weighted by Gasteiger charge is 2.17. The predicted octanol–water partition coefficient (Wildman–Crippen LogP) is 3.50. The lowest BCUT2D eigenvalue weighted by Gasteiger charge is -2.32. The zero-order valence-electron chi connectivity index (χ0n) is 11.1. The van der Waals surface area contributed by atoms with Crippen molar-refractivity contribution in [1.29, 1.82) is 0 Å². The molecule has 0 aliphatic carbocycles. The van der Waals surface area contributed by atoms with Crippen LogP contribution in [0.5, 0.6) is 0 Å². The molecule has 0 amide bonds. The summed E-state index contributed by atoms with van der Waals surface area (Å²) in [6, 6.07) is 5.01. The SMILES string of the molecule is CCC(C)N(CC)c1ccc(F)cc1[C@@H](C)O. The van der Waals surface area contributed by atoms with Gasteiger partial charge in [-0.3, -0.25) is 0 Å². The van der Waals surface area contributed by atoms with Crippen molar-refractivity contribution < 1.29 is 9.50 Å². The molecule has 0 fully saturated rings. The summed E-state index contributed by atoms with van der Waals surface area (Å²) >= 11 is 0. The fourth-order valence-corrected chi connectivity index (χ4v) is 2.06. The van der Waals surface area contributed by atoms with Crippen LogP contribution in [0.4, 0.5) is 10.1 Å². The Balaban J connectivity index is 3.18. The minimum atomic E-state index is -0.654. The molecular formula is C14H22FNO. The molecule has 0 saturated carbocycles. The van der Waals surface area contributed by atoms with Crippen molar-refractivity contribution in [2.45, 2.75) is 46.3 Å². The van der Waals surface area contributed by atoms with Crippen LogP contribution in [0.3, 0.4) is 0 Å². The smallest absolute Gasteiger partial charge is 0.123 e. The van der Waals surface area contributed by atoms with Gasteiger partial charge in [-0.2, -0.15) is 0 Å². The van der Waals surface area contributed by atoms with Crippen LogP contribution in [0.2, 0.25) is 0 Å². The largest absolute Gasteiger partial charge is 0.389 e. The molecule has 1 N–H and O–H groups in total. The summed E-state index contributed by atoms with van der Waals surface area (Å²) in [6.45, 7) is 8.85. The van der Waals surface area contributed by atoms with Gasteiger partial charge < -0.3 is 10.0 Å². The van der Waals surface area contributed by atoms with Crippen molar-refractivity contribution in [2.75, 3.05) is 11.4 Å². The molecule has 2 nitrogen and oxygen atoms in total. The summed E-state index contributed by atoms with van der Waals surface area (Å²) < 4.78 is 13.2. The van der Waals surface area contributed by atoms with E-state index in [1.807, 2.05) is 0 Å². The van der Waals surface area contributed by atoms with Crippen molar-refractivity contribution in [3.8, 4) is 0 Å². The van der Waals surface area contributed by atoms with Gasteiger partial charge in [0.2, 0.25) is 0 Å². The average molecular weight is 239 g/mol. The molecule has 1 unspecified atom stereocenters. The summed E-state index contributed by atoms with van der Waals surface area (Å²) in [4.78, 5) is 2.20. The molecule has 17 heavy (non-hydrogen) atoms. The van der Waals surface area contributed by atoms with Crippen LogP contribution in [0, 0.1) is 5.82 Å². The van der Waals surface area contributed by atoms with Gasteiger partial charge in [-0.1, -0.05) is 6.92 Å². The van der Waals surface area contributed by atoms with E-state index < -0.39 is 6.10 Å². The van der Waals surface area contributed by atoms with Crippen LogP contribution < -0.4 is 4.90 Å². The van der Waals surface area contributed by atoms with E-state index in [0.717, 1.165) is 18.7 Å². The molecule has 2 atom stereocenters. The number of halogens is 1. The number of hydrogen-bond acceptors (Lipinski definition) is 2. The number of aliphatic hydroxyl groups is 1. The first kappa shape index (κ1) is 14.0. The Labute approximate surface area is 103 Å². The highest BCUT2D eigenvalue weighted by Crippen LogP contribution is 2.29. The molecule has 1 aromatic rings. The molecule has 0 spiro atoms. The molecular weight excluding hydrogens is 217 g/mol. The van der Waals surface area contributed by atoms with Crippen molar-refractivity contribution in [1.82, 2.24) is 0 Å². The molecule has 0 heterocycles. The Bertz CT molecular complexity index is 365. The van der Waals surface area contributed by atoms with E-state index >= 15 is 0 Å². The Morgan fingerprint density at radius 2 is 1.94 bits per heavy atom. The zero-order valence-corrected chi connectivity index (χ0v) is 11.1. The van der Waals surface area contributed by atoms with Gasteiger partial charge in [-0.15, -0.1) is 0 Å². The monoisotopic (exact) mass is 239 g/mol. The fourth-order valence-electron chi connectivity index (χ4n) is 2.06. The van der Waals surface area contributed by atoms with E-state index in [1.165, 1.54) is 12.1 Å².